The van der Waals surface area contributed by atoms with Gasteiger partial charge in [0.15, 0.2) is 0 Å². The number of methoxy groups -OCH3 is 1. The summed E-state index contributed by atoms with van der Waals surface area (Å²) in [6, 6.07) is 1.74. The maximum Gasteiger partial charge on any atom is 0.350 e. The van der Waals surface area contributed by atoms with Gasteiger partial charge < -0.3 is 10.1 Å². The van der Waals surface area contributed by atoms with Gasteiger partial charge in [-0.25, -0.2) is 4.79 Å². The van der Waals surface area contributed by atoms with Crippen molar-refractivity contribution in [1.29, 1.82) is 0 Å². The van der Waals surface area contributed by atoms with Crippen LogP contribution >= 0.6 is 11.3 Å². The second kappa shape index (κ2) is 6.00. The van der Waals surface area contributed by atoms with Crippen molar-refractivity contribution in [2.24, 2.45) is 5.92 Å². The van der Waals surface area contributed by atoms with Crippen LogP contribution in [0.25, 0.3) is 0 Å². The number of nitrogens with one attached hydrogen (secondary N) is 1. The van der Waals surface area contributed by atoms with E-state index in [9.17, 15) is 9.59 Å². The highest BCUT2D eigenvalue weighted by atomic mass is 32.1. The maximum absolute atomic E-state index is 11.9. The largest absolute Gasteiger partial charge is 0.465 e. The Morgan fingerprint density at radius 3 is 2.83 bits per heavy atom. The second-order valence-corrected chi connectivity index (χ2v) is 5.47. The molecule has 98 valence electrons. The molecule has 0 spiro atoms. The van der Waals surface area contributed by atoms with Crippen molar-refractivity contribution in [2.45, 2.75) is 32.1 Å². The van der Waals surface area contributed by atoms with E-state index in [0.717, 1.165) is 12.8 Å². The molecule has 0 aliphatic heterocycles. The van der Waals surface area contributed by atoms with E-state index in [0.29, 0.717) is 22.9 Å². The molecule has 1 fully saturated rings. The van der Waals surface area contributed by atoms with Gasteiger partial charge in [-0.2, -0.15) is 0 Å². The third kappa shape index (κ3) is 3.10. The third-order valence-corrected chi connectivity index (χ3v) is 4.15. The van der Waals surface area contributed by atoms with Gasteiger partial charge in [-0.1, -0.05) is 12.8 Å². The molecule has 0 aromatic carbocycles. The predicted molar refractivity (Wildman–Crippen MR) is 70.9 cm³/mol. The lowest BCUT2D eigenvalue weighted by molar-refractivity contribution is -0.117. The van der Waals surface area contributed by atoms with E-state index in [1.54, 1.807) is 11.4 Å². The lowest BCUT2D eigenvalue weighted by Gasteiger charge is -2.09. The molecule has 1 amide bonds. The molecule has 18 heavy (non-hydrogen) atoms. The number of carbonyl (C=O) groups is 2. The zero-order valence-electron chi connectivity index (χ0n) is 10.4. The molecular formula is C13H17NO3S. The van der Waals surface area contributed by atoms with Crippen molar-refractivity contribution in [3.05, 3.63) is 16.3 Å². The summed E-state index contributed by atoms with van der Waals surface area (Å²) in [6.07, 6.45) is 5.28. The molecule has 1 saturated carbocycles. The van der Waals surface area contributed by atoms with E-state index in [1.807, 2.05) is 0 Å². The van der Waals surface area contributed by atoms with E-state index in [2.05, 4.69) is 10.1 Å². The van der Waals surface area contributed by atoms with E-state index in [1.165, 1.54) is 31.3 Å². The van der Waals surface area contributed by atoms with Gasteiger partial charge in [0.05, 0.1) is 12.8 Å². The number of anilines is 1. The van der Waals surface area contributed by atoms with E-state index in [-0.39, 0.29) is 5.91 Å². The SMILES string of the molecule is COC(=O)c1sccc1NC(=O)CC1CCCC1. The molecule has 1 aromatic heterocycles. The van der Waals surface area contributed by atoms with Gasteiger partial charge in [0.2, 0.25) is 5.91 Å². The third-order valence-electron chi connectivity index (χ3n) is 3.26. The minimum absolute atomic E-state index is 0.00884. The number of amides is 1. The Hall–Kier alpha value is -1.36. The van der Waals surface area contributed by atoms with E-state index < -0.39 is 5.97 Å². The number of hydrogen-bond donors (Lipinski definition) is 1. The van der Waals surface area contributed by atoms with Crippen molar-refractivity contribution < 1.29 is 14.3 Å². The topological polar surface area (TPSA) is 55.4 Å². The number of esters is 1. The molecule has 0 atom stereocenters. The van der Waals surface area contributed by atoms with Gasteiger partial charge in [0, 0.05) is 6.42 Å². The highest BCUT2D eigenvalue weighted by Gasteiger charge is 2.20. The molecule has 2 rings (SSSR count). The van der Waals surface area contributed by atoms with Crippen LogP contribution in [0.15, 0.2) is 11.4 Å². The van der Waals surface area contributed by atoms with E-state index in [4.69, 9.17) is 0 Å². The zero-order valence-corrected chi connectivity index (χ0v) is 11.2. The molecule has 1 heterocycles. The van der Waals surface area contributed by atoms with Gasteiger partial charge in [0.1, 0.15) is 4.88 Å². The summed E-state index contributed by atoms with van der Waals surface area (Å²) in [5.74, 6) is 0.0943. The van der Waals surface area contributed by atoms with Crippen LogP contribution in [0.3, 0.4) is 0 Å². The molecule has 1 N–H and O–H groups in total. The van der Waals surface area contributed by atoms with Crippen molar-refractivity contribution in [3.63, 3.8) is 0 Å². The summed E-state index contributed by atoms with van der Waals surface area (Å²) in [5, 5.41) is 4.58. The average molecular weight is 267 g/mol. The van der Waals surface area contributed by atoms with Crippen LogP contribution in [0.4, 0.5) is 5.69 Å². The number of ether oxygens (including phenoxy) is 1. The van der Waals surface area contributed by atoms with Crippen molar-refractivity contribution in [1.82, 2.24) is 0 Å². The molecule has 0 bridgehead atoms. The maximum atomic E-state index is 11.9. The van der Waals surface area contributed by atoms with Crippen molar-refractivity contribution in [2.75, 3.05) is 12.4 Å². The first-order valence-electron chi connectivity index (χ1n) is 6.16. The Morgan fingerprint density at radius 1 is 1.44 bits per heavy atom. The van der Waals surface area contributed by atoms with Crippen LogP contribution in [0.2, 0.25) is 0 Å². The fraction of sp³-hybridized carbons (Fsp3) is 0.538. The first kappa shape index (κ1) is 13.1. The first-order chi connectivity index (χ1) is 8.70. The molecular weight excluding hydrogens is 250 g/mol. The number of hydrogen-bond acceptors (Lipinski definition) is 4. The molecule has 0 radical (unpaired) electrons. The number of carbonyl (C=O) groups excluding carboxylic acids is 2. The Morgan fingerprint density at radius 2 is 2.17 bits per heavy atom. The predicted octanol–water partition coefficient (Wildman–Crippen LogP) is 3.05. The summed E-state index contributed by atoms with van der Waals surface area (Å²) in [6.45, 7) is 0. The minimum Gasteiger partial charge on any atom is -0.465 e. The average Bonchev–Trinajstić information content (AvgIpc) is 2.99. The summed E-state index contributed by atoms with van der Waals surface area (Å²) in [7, 11) is 1.34. The van der Waals surface area contributed by atoms with Crippen LogP contribution < -0.4 is 5.32 Å². The number of thiophene rings is 1. The first-order valence-corrected chi connectivity index (χ1v) is 7.04. The standard InChI is InChI=1S/C13H17NO3S/c1-17-13(16)12-10(6-7-18-12)14-11(15)8-9-4-2-3-5-9/h6-7,9H,2-5,8H2,1H3,(H,14,15). The van der Waals surface area contributed by atoms with Gasteiger partial charge >= 0.3 is 5.97 Å². The van der Waals surface area contributed by atoms with Crippen LogP contribution in [-0.4, -0.2) is 19.0 Å². The fourth-order valence-corrected chi connectivity index (χ4v) is 3.10. The van der Waals surface area contributed by atoms with E-state index >= 15 is 0 Å². The lowest BCUT2D eigenvalue weighted by Crippen LogP contribution is -2.16. The lowest BCUT2D eigenvalue weighted by atomic mass is 10.0. The van der Waals surface area contributed by atoms with Gasteiger partial charge in [-0.3, -0.25) is 4.79 Å². The normalized spacial score (nSPS) is 15.6. The Balaban J connectivity index is 1.94. The Kier molecular flexibility index (Phi) is 4.36. The Labute approximate surface area is 110 Å². The smallest absolute Gasteiger partial charge is 0.350 e. The minimum atomic E-state index is -0.402. The van der Waals surface area contributed by atoms with Crippen molar-refractivity contribution >= 4 is 28.9 Å². The molecule has 1 aromatic rings. The summed E-state index contributed by atoms with van der Waals surface area (Å²) < 4.78 is 4.67. The zero-order chi connectivity index (χ0) is 13.0. The molecule has 0 unspecified atom stereocenters. The molecule has 1 aliphatic rings. The highest BCUT2D eigenvalue weighted by Crippen LogP contribution is 2.29. The van der Waals surface area contributed by atoms with Crippen LogP contribution in [0.5, 0.6) is 0 Å². The Bertz CT molecular complexity index is 435. The van der Waals surface area contributed by atoms with Crippen LogP contribution in [0, 0.1) is 5.92 Å². The summed E-state index contributed by atoms with van der Waals surface area (Å²) in [4.78, 5) is 23.8. The fourth-order valence-electron chi connectivity index (χ4n) is 2.34. The van der Waals surface area contributed by atoms with Crippen LogP contribution in [0.1, 0.15) is 41.8 Å². The van der Waals surface area contributed by atoms with Gasteiger partial charge in [-0.15, -0.1) is 11.3 Å². The highest BCUT2D eigenvalue weighted by molar-refractivity contribution is 7.12. The summed E-state index contributed by atoms with van der Waals surface area (Å²) in [5.41, 5.74) is 0.565. The molecule has 4 nitrogen and oxygen atoms in total. The van der Waals surface area contributed by atoms with Crippen LogP contribution in [-0.2, 0) is 9.53 Å². The van der Waals surface area contributed by atoms with Gasteiger partial charge in [-0.05, 0) is 30.2 Å². The molecule has 5 heteroatoms. The summed E-state index contributed by atoms with van der Waals surface area (Å²) >= 11 is 1.28. The quantitative estimate of drug-likeness (QED) is 0.853. The second-order valence-electron chi connectivity index (χ2n) is 4.56. The van der Waals surface area contributed by atoms with Gasteiger partial charge in [0.25, 0.3) is 0 Å². The molecule has 0 saturated heterocycles. The monoisotopic (exact) mass is 267 g/mol. The van der Waals surface area contributed by atoms with Crippen molar-refractivity contribution in [3.8, 4) is 0 Å². The number of rotatable bonds is 4. The molecule has 1 aliphatic carbocycles.